The molecule has 5 atom stereocenters. The van der Waals surface area contributed by atoms with Gasteiger partial charge in [-0.25, -0.2) is 0 Å². The number of rotatable bonds is 3. The quantitative estimate of drug-likeness (QED) is 0.375. The normalized spacial score (nSPS) is 36.3. The topological polar surface area (TPSA) is 85.2 Å². The van der Waals surface area contributed by atoms with Crippen molar-refractivity contribution in [2.45, 2.75) is 36.9 Å². The molecule has 0 amide bonds. The molecule has 2 heterocycles. The van der Waals surface area contributed by atoms with Gasteiger partial charge in [0.2, 0.25) is 0 Å². The van der Waals surface area contributed by atoms with Gasteiger partial charge < -0.3 is 30.3 Å². The van der Waals surface area contributed by atoms with Crippen molar-refractivity contribution in [2.24, 2.45) is 0 Å². The number of aliphatic hydroxyl groups excluding tert-OH is 3. The van der Waals surface area contributed by atoms with Crippen LogP contribution >= 0.6 is 12.2 Å². The van der Waals surface area contributed by atoms with Crippen LogP contribution in [0.1, 0.15) is 6.42 Å². The van der Waals surface area contributed by atoms with Crippen molar-refractivity contribution in [2.75, 3.05) is 19.7 Å². The predicted molar refractivity (Wildman–Crippen MR) is 73.7 cm³/mol. The molecule has 6 nitrogen and oxygen atoms in total. The average Bonchev–Trinajstić information content (AvgIpc) is 2.32. The number of hydrogen-bond acceptors (Lipinski definition) is 5. The second-order valence-corrected chi connectivity index (χ2v) is 5.29. The number of nitrogens with zero attached hydrogens (tertiary/aromatic N) is 1. The first kappa shape index (κ1) is 14.7. The minimum atomic E-state index is -1.18. The van der Waals surface area contributed by atoms with Crippen LogP contribution in [0.25, 0.3) is 0 Å². The van der Waals surface area contributed by atoms with Crippen molar-refractivity contribution in [1.29, 1.82) is 0 Å². The van der Waals surface area contributed by atoms with Gasteiger partial charge in [-0.3, -0.25) is 0 Å². The van der Waals surface area contributed by atoms with Crippen LogP contribution in [0, 0.1) is 0 Å². The zero-order valence-electron chi connectivity index (χ0n) is 10.6. The van der Waals surface area contributed by atoms with Crippen molar-refractivity contribution in [3.8, 4) is 0 Å². The molecule has 0 aromatic carbocycles. The lowest BCUT2D eigenvalue weighted by molar-refractivity contribution is -0.171. The molecule has 2 fully saturated rings. The first-order chi connectivity index (χ1) is 9.04. The monoisotopic (exact) mass is 288 g/mol. The number of likely N-dealkylation sites (tertiary alicyclic amines) is 1. The number of thiocarbonyl (C=S) groups is 1. The Morgan fingerprint density at radius 3 is 2.63 bits per heavy atom. The standard InChI is InChI=1S/C12H20N2O4S/c1-2-8(15)11-10(17)9(16)7(6-18-11)13-12(19)14-4-3-5-14/h2,7-11,15-17H,1,3-6H2,(H,13,19). The molecule has 108 valence electrons. The van der Waals surface area contributed by atoms with Gasteiger partial charge in [-0.2, -0.15) is 0 Å². The fourth-order valence-corrected chi connectivity index (χ4v) is 2.51. The fourth-order valence-electron chi connectivity index (χ4n) is 2.18. The van der Waals surface area contributed by atoms with Gasteiger partial charge in [0.1, 0.15) is 24.4 Å². The first-order valence-electron chi connectivity index (χ1n) is 6.38. The number of ether oxygens (including phenoxy) is 1. The summed E-state index contributed by atoms with van der Waals surface area (Å²) in [6.07, 6.45) is -1.71. The summed E-state index contributed by atoms with van der Waals surface area (Å²) in [4.78, 5) is 1.99. The summed E-state index contributed by atoms with van der Waals surface area (Å²) in [5, 5.41) is 33.2. The molecule has 2 aliphatic rings. The van der Waals surface area contributed by atoms with Crippen LogP contribution in [-0.2, 0) is 4.74 Å². The molecule has 2 saturated heterocycles. The maximum atomic E-state index is 10.1. The lowest BCUT2D eigenvalue weighted by atomic mass is 9.95. The van der Waals surface area contributed by atoms with Crippen LogP contribution in [0.5, 0.6) is 0 Å². The third kappa shape index (κ3) is 3.06. The lowest BCUT2D eigenvalue weighted by Gasteiger charge is -2.41. The van der Waals surface area contributed by atoms with E-state index >= 15 is 0 Å². The van der Waals surface area contributed by atoms with E-state index in [0.29, 0.717) is 5.11 Å². The Morgan fingerprint density at radius 1 is 1.42 bits per heavy atom. The smallest absolute Gasteiger partial charge is 0.169 e. The van der Waals surface area contributed by atoms with Crippen LogP contribution in [0.4, 0.5) is 0 Å². The van der Waals surface area contributed by atoms with E-state index in [1.165, 1.54) is 6.08 Å². The van der Waals surface area contributed by atoms with Crippen LogP contribution in [-0.4, -0.2) is 75.5 Å². The number of aliphatic hydroxyl groups is 3. The summed E-state index contributed by atoms with van der Waals surface area (Å²) >= 11 is 5.20. The Kier molecular flexibility index (Phi) is 4.75. The van der Waals surface area contributed by atoms with E-state index in [1.807, 2.05) is 4.90 Å². The summed E-state index contributed by atoms with van der Waals surface area (Å²) in [5.41, 5.74) is 0. The van der Waals surface area contributed by atoms with Crippen LogP contribution in [0.2, 0.25) is 0 Å². The van der Waals surface area contributed by atoms with E-state index in [1.54, 1.807) is 0 Å². The Labute approximate surface area is 117 Å². The van der Waals surface area contributed by atoms with Gasteiger partial charge in [0.05, 0.1) is 12.6 Å². The molecule has 19 heavy (non-hydrogen) atoms. The maximum Gasteiger partial charge on any atom is 0.169 e. The van der Waals surface area contributed by atoms with Gasteiger partial charge in [0.15, 0.2) is 5.11 Å². The van der Waals surface area contributed by atoms with E-state index in [2.05, 4.69) is 11.9 Å². The van der Waals surface area contributed by atoms with Crippen molar-refractivity contribution in [1.82, 2.24) is 10.2 Å². The second-order valence-electron chi connectivity index (χ2n) is 4.90. The molecule has 0 bridgehead atoms. The van der Waals surface area contributed by atoms with E-state index in [9.17, 15) is 15.3 Å². The average molecular weight is 288 g/mol. The summed E-state index contributed by atoms with van der Waals surface area (Å²) in [5.74, 6) is 0. The van der Waals surface area contributed by atoms with E-state index in [-0.39, 0.29) is 6.61 Å². The summed E-state index contributed by atoms with van der Waals surface area (Å²) in [6.45, 7) is 5.43. The largest absolute Gasteiger partial charge is 0.388 e. The molecule has 0 radical (unpaired) electrons. The number of nitrogens with one attached hydrogen (secondary N) is 1. The molecule has 0 aromatic rings. The van der Waals surface area contributed by atoms with E-state index in [4.69, 9.17) is 17.0 Å². The molecule has 5 unspecified atom stereocenters. The van der Waals surface area contributed by atoms with Gasteiger partial charge in [-0.15, -0.1) is 6.58 Å². The molecule has 0 aliphatic carbocycles. The van der Waals surface area contributed by atoms with Crippen LogP contribution in [0.3, 0.4) is 0 Å². The molecular formula is C12H20N2O4S. The summed E-state index contributed by atoms with van der Waals surface area (Å²) in [7, 11) is 0. The highest BCUT2D eigenvalue weighted by atomic mass is 32.1. The first-order valence-corrected chi connectivity index (χ1v) is 6.79. The molecule has 7 heteroatoms. The SMILES string of the molecule is C=CC(O)C1OCC(NC(=S)N2CCC2)C(O)C1O. The van der Waals surface area contributed by atoms with Gasteiger partial charge >= 0.3 is 0 Å². The van der Waals surface area contributed by atoms with Crippen molar-refractivity contribution in [3.63, 3.8) is 0 Å². The minimum absolute atomic E-state index is 0.168. The zero-order chi connectivity index (χ0) is 14.0. The maximum absolute atomic E-state index is 10.1. The van der Waals surface area contributed by atoms with E-state index in [0.717, 1.165) is 19.5 Å². The fraction of sp³-hybridized carbons (Fsp3) is 0.750. The molecule has 0 aromatic heterocycles. The van der Waals surface area contributed by atoms with Gasteiger partial charge in [0, 0.05) is 13.1 Å². The highest BCUT2D eigenvalue weighted by Gasteiger charge is 2.41. The summed E-state index contributed by atoms with van der Waals surface area (Å²) < 4.78 is 5.39. The lowest BCUT2D eigenvalue weighted by Crippen LogP contribution is -2.63. The molecular weight excluding hydrogens is 268 g/mol. The van der Waals surface area contributed by atoms with E-state index < -0.39 is 30.5 Å². The summed E-state index contributed by atoms with van der Waals surface area (Å²) in [6, 6.07) is -0.476. The van der Waals surface area contributed by atoms with Crippen LogP contribution < -0.4 is 5.32 Å². The molecule has 2 aliphatic heterocycles. The third-order valence-corrected chi connectivity index (χ3v) is 3.97. The molecule has 0 saturated carbocycles. The van der Waals surface area contributed by atoms with Crippen molar-refractivity contribution in [3.05, 3.63) is 12.7 Å². The van der Waals surface area contributed by atoms with Gasteiger partial charge in [-0.05, 0) is 18.6 Å². The Morgan fingerprint density at radius 2 is 2.11 bits per heavy atom. The van der Waals surface area contributed by atoms with Gasteiger partial charge in [0.25, 0.3) is 0 Å². The third-order valence-electron chi connectivity index (χ3n) is 3.60. The zero-order valence-corrected chi connectivity index (χ0v) is 11.4. The minimum Gasteiger partial charge on any atom is -0.388 e. The van der Waals surface area contributed by atoms with Crippen molar-refractivity contribution >= 4 is 17.3 Å². The Balaban J connectivity index is 1.90. The predicted octanol–water partition coefficient (Wildman–Crippen LogP) is -1.40. The van der Waals surface area contributed by atoms with Gasteiger partial charge in [-0.1, -0.05) is 6.08 Å². The molecule has 0 spiro atoms. The molecule has 4 N–H and O–H groups in total. The highest BCUT2D eigenvalue weighted by Crippen LogP contribution is 2.19. The van der Waals surface area contributed by atoms with Crippen molar-refractivity contribution < 1.29 is 20.1 Å². The van der Waals surface area contributed by atoms with Crippen LogP contribution in [0.15, 0.2) is 12.7 Å². The number of hydrogen-bond donors (Lipinski definition) is 4. The Hall–Kier alpha value is -0.730. The second kappa shape index (κ2) is 6.15. The highest BCUT2D eigenvalue weighted by molar-refractivity contribution is 7.80. The Bertz CT molecular complexity index is 351. The molecule has 2 rings (SSSR count).